The molecular weight excluding hydrogens is 313 g/mol. The molecule has 0 saturated heterocycles. The Kier molecular flexibility index (Phi) is 5.08. The largest absolute Gasteiger partial charge is 0.493 e. The fourth-order valence-corrected chi connectivity index (χ4v) is 2.89. The highest BCUT2D eigenvalue weighted by atomic mass is 35.5. The van der Waals surface area contributed by atoms with Crippen molar-refractivity contribution in [1.29, 1.82) is 0 Å². The van der Waals surface area contributed by atoms with Crippen molar-refractivity contribution in [2.24, 2.45) is 0 Å². The minimum atomic E-state index is -0.174. The fourth-order valence-electron chi connectivity index (χ4n) is 2.28. The highest BCUT2D eigenvalue weighted by molar-refractivity contribution is 6.39. The van der Waals surface area contributed by atoms with Crippen molar-refractivity contribution < 1.29 is 4.74 Å². The number of nitrogens with zero attached hydrogens (tertiary/aromatic N) is 2. The van der Waals surface area contributed by atoms with Crippen LogP contribution in [0.25, 0.3) is 10.9 Å². The molecule has 0 aliphatic heterocycles. The first-order chi connectivity index (χ1) is 10.0. The van der Waals surface area contributed by atoms with E-state index in [1.165, 1.54) is 13.2 Å². The number of hydrogen-bond acceptors (Lipinski definition) is 4. The molecular formula is C14H17Cl2N3O2. The number of methoxy groups -OCH3 is 1. The Morgan fingerprint density at radius 2 is 2.10 bits per heavy atom. The van der Waals surface area contributed by atoms with Crippen LogP contribution in [-0.4, -0.2) is 23.7 Å². The molecule has 1 aromatic heterocycles. The van der Waals surface area contributed by atoms with Crippen LogP contribution in [0.3, 0.4) is 0 Å². The van der Waals surface area contributed by atoms with Gasteiger partial charge in [0, 0.05) is 6.54 Å². The number of aromatic nitrogens is 2. The first-order valence-electron chi connectivity index (χ1n) is 6.65. The Morgan fingerprint density at radius 3 is 2.67 bits per heavy atom. The fraction of sp³-hybridized carbons (Fsp3) is 0.429. The monoisotopic (exact) mass is 329 g/mol. The van der Waals surface area contributed by atoms with Gasteiger partial charge in [-0.1, -0.05) is 30.1 Å². The zero-order valence-electron chi connectivity index (χ0n) is 12.2. The molecule has 0 fully saturated rings. The van der Waals surface area contributed by atoms with Crippen LogP contribution in [0, 0.1) is 0 Å². The molecule has 0 unspecified atom stereocenters. The van der Waals surface area contributed by atoms with Crippen molar-refractivity contribution in [3.05, 3.63) is 32.3 Å². The SMILES string of the molecule is CCCn1c(CNC)nc2c(OC)c(Cl)cc(Cl)c2c1=O. The molecule has 0 spiro atoms. The van der Waals surface area contributed by atoms with Gasteiger partial charge in [0.2, 0.25) is 0 Å². The van der Waals surface area contributed by atoms with E-state index in [1.807, 2.05) is 6.92 Å². The summed E-state index contributed by atoms with van der Waals surface area (Å²) in [6.45, 7) is 3.06. The molecule has 114 valence electrons. The maximum Gasteiger partial charge on any atom is 0.263 e. The molecule has 0 amide bonds. The van der Waals surface area contributed by atoms with Crippen LogP contribution in [0.15, 0.2) is 10.9 Å². The number of halogens is 2. The van der Waals surface area contributed by atoms with E-state index in [0.29, 0.717) is 40.6 Å². The number of nitrogens with one attached hydrogen (secondary N) is 1. The number of benzene rings is 1. The Hall–Kier alpha value is -1.30. The van der Waals surface area contributed by atoms with Crippen molar-refractivity contribution in [2.75, 3.05) is 14.2 Å². The summed E-state index contributed by atoms with van der Waals surface area (Å²) >= 11 is 12.3. The van der Waals surface area contributed by atoms with E-state index in [2.05, 4.69) is 10.3 Å². The van der Waals surface area contributed by atoms with Gasteiger partial charge in [-0.2, -0.15) is 0 Å². The third kappa shape index (κ3) is 2.86. The second kappa shape index (κ2) is 6.64. The molecule has 2 aromatic rings. The molecule has 5 nitrogen and oxygen atoms in total. The molecule has 1 N–H and O–H groups in total. The molecule has 0 bridgehead atoms. The molecule has 2 rings (SSSR count). The van der Waals surface area contributed by atoms with Gasteiger partial charge in [0.05, 0.1) is 29.1 Å². The second-order valence-corrected chi connectivity index (χ2v) is 5.43. The first kappa shape index (κ1) is 16.1. The summed E-state index contributed by atoms with van der Waals surface area (Å²) in [6, 6.07) is 1.52. The third-order valence-corrected chi connectivity index (χ3v) is 3.74. The molecule has 21 heavy (non-hydrogen) atoms. The summed E-state index contributed by atoms with van der Waals surface area (Å²) in [5.41, 5.74) is 0.227. The van der Waals surface area contributed by atoms with Crippen LogP contribution in [0.1, 0.15) is 19.2 Å². The molecule has 0 aliphatic carbocycles. The second-order valence-electron chi connectivity index (χ2n) is 4.61. The van der Waals surface area contributed by atoms with Crippen LogP contribution in [0.5, 0.6) is 5.75 Å². The van der Waals surface area contributed by atoms with Crippen molar-refractivity contribution in [3.8, 4) is 5.75 Å². The summed E-state index contributed by atoms with van der Waals surface area (Å²) in [6.07, 6.45) is 0.826. The highest BCUT2D eigenvalue weighted by Gasteiger charge is 2.18. The molecule has 0 saturated carbocycles. The van der Waals surface area contributed by atoms with Gasteiger partial charge in [0.25, 0.3) is 5.56 Å². The van der Waals surface area contributed by atoms with E-state index in [9.17, 15) is 4.79 Å². The average molecular weight is 330 g/mol. The number of fused-ring (bicyclic) bond motifs is 1. The quantitative estimate of drug-likeness (QED) is 0.916. The van der Waals surface area contributed by atoms with Crippen molar-refractivity contribution in [3.63, 3.8) is 0 Å². The summed E-state index contributed by atoms with van der Waals surface area (Å²) < 4.78 is 6.92. The van der Waals surface area contributed by atoms with Gasteiger partial charge in [-0.25, -0.2) is 4.98 Å². The van der Waals surface area contributed by atoms with Crippen LogP contribution in [0.4, 0.5) is 0 Å². The Balaban J connectivity index is 2.91. The molecule has 0 atom stereocenters. The van der Waals surface area contributed by atoms with Gasteiger partial charge in [-0.3, -0.25) is 9.36 Å². The lowest BCUT2D eigenvalue weighted by molar-refractivity contribution is 0.418. The summed E-state index contributed by atoms with van der Waals surface area (Å²) in [5, 5.41) is 3.98. The van der Waals surface area contributed by atoms with Crippen LogP contribution in [0.2, 0.25) is 10.0 Å². The molecule has 0 aliphatic rings. The van der Waals surface area contributed by atoms with Gasteiger partial charge in [-0.15, -0.1) is 0 Å². The average Bonchev–Trinajstić information content (AvgIpc) is 2.43. The van der Waals surface area contributed by atoms with Crippen LogP contribution >= 0.6 is 23.2 Å². The lowest BCUT2D eigenvalue weighted by atomic mass is 10.2. The Morgan fingerprint density at radius 1 is 1.38 bits per heavy atom. The van der Waals surface area contributed by atoms with Gasteiger partial charge in [0.1, 0.15) is 11.3 Å². The van der Waals surface area contributed by atoms with E-state index in [-0.39, 0.29) is 10.6 Å². The van der Waals surface area contributed by atoms with E-state index >= 15 is 0 Å². The number of ether oxygens (including phenoxy) is 1. The maximum atomic E-state index is 12.7. The van der Waals surface area contributed by atoms with Crippen LogP contribution < -0.4 is 15.6 Å². The van der Waals surface area contributed by atoms with Gasteiger partial charge >= 0.3 is 0 Å². The molecule has 0 radical (unpaired) electrons. The minimum Gasteiger partial charge on any atom is -0.493 e. The van der Waals surface area contributed by atoms with E-state index < -0.39 is 0 Å². The van der Waals surface area contributed by atoms with E-state index in [1.54, 1.807) is 11.6 Å². The van der Waals surface area contributed by atoms with Gasteiger partial charge < -0.3 is 10.1 Å². The van der Waals surface area contributed by atoms with Crippen molar-refractivity contribution in [2.45, 2.75) is 26.4 Å². The predicted octanol–water partition coefficient (Wildman–Crippen LogP) is 2.84. The van der Waals surface area contributed by atoms with Gasteiger partial charge in [-0.05, 0) is 19.5 Å². The van der Waals surface area contributed by atoms with E-state index in [4.69, 9.17) is 27.9 Å². The summed E-state index contributed by atoms with van der Waals surface area (Å²) in [5.74, 6) is 1.00. The van der Waals surface area contributed by atoms with E-state index in [0.717, 1.165) is 6.42 Å². The molecule has 1 heterocycles. The Bertz CT molecular complexity index is 728. The molecule has 7 heteroatoms. The Labute approximate surface area is 132 Å². The van der Waals surface area contributed by atoms with Crippen molar-refractivity contribution >= 4 is 34.1 Å². The third-order valence-electron chi connectivity index (χ3n) is 3.16. The maximum absolute atomic E-state index is 12.7. The topological polar surface area (TPSA) is 56.1 Å². The lowest BCUT2D eigenvalue weighted by Gasteiger charge is -2.15. The number of rotatable bonds is 5. The highest BCUT2D eigenvalue weighted by Crippen LogP contribution is 2.35. The number of hydrogen-bond donors (Lipinski definition) is 1. The summed E-state index contributed by atoms with van der Waals surface area (Å²) in [7, 11) is 3.29. The first-order valence-corrected chi connectivity index (χ1v) is 7.40. The van der Waals surface area contributed by atoms with Crippen LogP contribution in [-0.2, 0) is 13.1 Å². The zero-order chi connectivity index (χ0) is 15.6. The normalized spacial score (nSPS) is 11.1. The van der Waals surface area contributed by atoms with Crippen molar-refractivity contribution in [1.82, 2.24) is 14.9 Å². The zero-order valence-corrected chi connectivity index (χ0v) is 13.7. The lowest BCUT2D eigenvalue weighted by Crippen LogP contribution is -2.28. The standard InChI is InChI=1S/C14H17Cl2N3O2/c1-4-5-19-10(7-17-2)18-12-11(14(19)20)8(15)6-9(16)13(12)21-3/h6,17H,4-5,7H2,1-3H3. The molecule has 1 aromatic carbocycles. The smallest absolute Gasteiger partial charge is 0.263 e. The van der Waals surface area contributed by atoms with Gasteiger partial charge in [0.15, 0.2) is 5.75 Å². The predicted molar refractivity (Wildman–Crippen MR) is 85.6 cm³/mol. The minimum absolute atomic E-state index is 0.174. The summed E-state index contributed by atoms with van der Waals surface area (Å²) in [4.78, 5) is 17.3.